The average molecular weight is 874 g/mol. The molecule has 22 heteroatoms. The minimum absolute atomic E-state index is 0.0314. The number of aromatic amines is 1. The van der Waals surface area contributed by atoms with Crippen LogP contribution >= 0.6 is 0 Å². The van der Waals surface area contributed by atoms with E-state index in [-0.39, 0.29) is 87.6 Å². The third-order valence-electron chi connectivity index (χ3n) is 9.51. The molecular weight excluding hydrogens is 839 g/mol. The highest BCUT2D eigenvalue weighted by Crippen LogP contribution is 2.40. The molecule has 1 atom stereocenters. The molecule has 0 spiro atoms. The summed E-state index contributed by atoms with van der Waals surface area (Å²) in [5.74, 6) is -7.39. The van der Waals surface area contributed by atoms with Gasteiger partial charge in [0.2, 0.25) is 5.91 Å². The number of anilines is 3. The Balaban J connectivity index is 1.09. The molecule has 0 aliphatic carbocycles. The van der Waals surface area contributed by atoms with Crippen molar-refractivity contribution in [3.63, 3.8) is 0 Å². The van der Waals surface area contributed by atoms with Crippen LogP contribution in [-0.2, 0) is 17.6 Å². The zero-order chi connectivity index (χ0) is 46.1. The van der Waals surface area contributed by atoms with Crippen LogP contribution in [0.25, 0.3) is 0 Å². The lowest BCUT2D eigenvalue weighted by atomic mass is 9.92. The van der Waals surface area contributed by atoms with Crippen molar-refractivity contribution in [3.05, 3.63) is 141 Å². The number of methoxy groups -OCH3 is 2. The molecule has 0 saturated carbocycles. The number of ether oxygens (including phenoxy) is 2. The number of ketones is 2. The number of phenols is 2. The van der Waals surface area contributed by atoms with Crippen LogP contribution < -0.4 is 25.4 Å². The lowest BCUT2D eigenvalue weighted by molar-refractivity contribution is -0.385. The molecule has 22 nitrogen and oxygen atoms in total. The monoisotopic (exact) mass is 873 g/mol. The number of aromatic carboxylic acids is 1. The standard InChI is InChI=1S/C42H35N9O13/c1-63-37-31(13-9-27(35(37)54)40(57)47-30-14-10-28(42(59)60)36(55)38(30)64-2)48-41(58)32-11-7-24(18-43-32)46-39(56)23(16-25-19-45-50-49-25)17-33(52)22-5-3-21(4-6-22)15-34(53)29-12-8-26(20-44-29)51(61)62/h3-14,18-20,23,54-55H,15-17H2,1-2H3,(H,46,56)(H,47,57)(H,48,58)(H,59,60)(H,45,49,50). The topological polar surface area (TPSA) is 328 Å². The number of Topliss-reactive ketones (excluding diaryl/α,β-unsaturated/α-hetero) is 2. The number of nitrogens with zero attached hydrogens (tertiary/aromatic N) is 5. The van der Waals surface area contributed by atoms with Gasteiger partial charge >= 0.3 is 5.97 Å². The third kappa shape index (κ3) is 10.3. The molecule has 64 heavy (non-hydrogen) atoms. The Hall–Kier alpha value is -9.08. The van der Waals surface area contributed by atoms with Crippen molar-refractivity contribution in [1.82, 2.24) is 25.4 Å². The van der Waals surface area contributed by atoms with E-state index in [2.05, 4.69) is 41.3 Å². The summed E-state index contributed by atoms with van der Waals surface area (Å²) in [4.78, 5) is 95.7. The molecule has 0 aliphatic rings. The smallest absolute Gasteiger partial charge is 0.339 e. The number of benzene rings is 3. The quantitative estimate of drug-likeness (QED) is 0.0351. The molecule has 6 aromatic rings. The number of H-pyrrole nitrogens is 1. The van der Waals surface area contributed by atoms with E-state index in [9.17, 15) is 54.2 Å². The maximum absolute atomic E-state index is 13.6. The van der Waals surface area contributed by atoms with E-state index in [0.717, 1.165) is 19.4 Å². The summed E-state index contributed by atoms with van der Waals surface area (Å²) < 4.78 is 10.3. The van der Waals surface area contributed by atoms with Crippen molar-refractivity contribution in [2.45, 2.75) is 19.3 Å². The van der Waals surface area contributed by atoms with Gasteiger partial charge in [0.05, 0.1) is 65.8 Å². The SMILES string of the molecule is COc1c(NC(=O)c2ccc(NC(=O)c3ccc(NC(=O)C(CC(=O)c4ccc(CC(=O)c5ccc([N+](=O)[O-])cn5)cc4)Cc4cn[nH]n4)cn3)c(OC)c2O)ccc(C(=O)O)c1O. The number of carbonyl (C=O) groups excluding carboxylic acids is 5. The van der Waals surface area contributed by atoms with E-state index in [1.54, 1.807) is 12.1 Å². The van der Waals surface area contributed by atoms with Gasteiger partial charge in [-0.15, -0.1) is 0 Å². The maximum atomic E-state index is 13.6. The molecule has 0 bridgehead atoms. The first-order valence-corrected chi connectivity index (χ1v) is 18.7. The summed E-state index contributed by atoms with van der Waals surface area (Å²) in [6, 6.07) is 16.1. The molecule has 3 heterocycles. The third-order valence-corrected chi connectivity index (χ3v) is 9.51. The van der Waals surface area contributed by atoms with Crippen molar-refractivity contribution in [2.75, 3.05) is 30.2 Å². The van der Waals surface area contributed by atoms with E-state index in [0.29, 0.717) is 11.3 Å². The van der Waals surface area contributed by atoms with E-state index in [1.165, 1.54) is 74.1 Å². The Morgan fingerprint density at radius 1 is 0.734 bits per heavy atom. The zero-order valence-electron chi connectivity index (χ0n) is 33.5. The number of hydrogen-bond acceptors (Lipinski definition) is 16. The van der Waals surface area contributed by atoms with Crippen LogP contribution in [0.3, 0.4) is 0 Å². The zero-order valence-corrected chi connectivity index (χ0v) is 33.5. The summed E-state index contributed by atoms with van der Waals surface area (Å²) in [6.07, 6.45) is 3.34. The van der Waals surface area contributed by atoms with Gasteiger partial charge in [0.1, 0.15) is 23.1 Å². The van der Waals surface area contributed by atoms with Gasteiger partial charge in [-0.25, -0.2) is 14.8 Å². The number of aromatic hydroxyl groups is 2. The van der Waals surface area contributed by atoms with Crippen molar-refractivity contribution >= 4 is 58.0 Å². The summed E-state index contributed by atoms with van der Waals surface area (Å²) in [5, 5.41) is 59.3. The normalized spacial score (nSPS) is 11.2. The summed E-state index contributed by atoms with van der Waals surface area (Å²) in [5.41, 5.74) is 0.166. The fourth-order valence-electron chi connectivity index (χ4n) is 6.25. The molecule has 1 unspecified atom stereocenters. The van der Waals surface area contributed by atoms with E-state index in [4.69, 9.17) is 9.47 Å². The number of nitro groups is 1. The Bertz CT molecular complexity index is 2760. The molecule has 7 N–H and O–H groups in total. The lowest BCUT2D eigenvalue weighted by Gasteiger charge is -2.16. The summed E-state index contributed by atoms with van der Waals surface area (Å²) in [6.45, 7) is 0. The second-order valence-corrected chi connectivity index (χ2v) is 13.7. The number of carboxylic acid groups (broad SMARTS) is 1. The summed E-state index contributed by atoms with van der Waals surface area (Å²) in [7, 11) is 2.34. The van der Waals surface area contributed by atoms with Crippen LogP contribution in [0, 0.1) is 16.0 Å². The molecule has 326 valence electrons. The first-order chi connectivity index (χ1) is 30.7. The maximum Gasteiger partial charge on any atom is 0.339 e. The Kier molecular flexibility index (Phi) is 13.6. The number of carbonyl (C=O) groups is 6. The predicted octanol–water partition coefficient (Wildman–Crippen LogP) is 4.63. The van der Waals surface area contributed by atoms with Gasteiger partial charge in [-0.05, 0) is 48.0 Å². The molecule has 0 aliphatic heterocycles. The molecule has 0 saturated heterocycles. The molecule has 6 rings (SSSR count). The minimum atomic E-state index is -1.43. The second-order valence-electron chi connectivity index (χ2n) is 13.7. The molecular formula is C42H35N9O13. The predicted molar refractivity (Wildman–Crippen MR) is 223 cm³/mol. The van der Waals surface area contributed by atoms with Crippen molar-refractivity contribution in [3.8, 4) is 23.0 Å². The average Bonchev–Trinajstić information content (AvgIpc) is 3.80. The van der Waals surface area contributed by atoms with Gasteiger partial charge in [0.15, 0.2) is 34.6 Å². The number of pyridine rings is 2. The minimum Gasteiger partial charge on any atom is -0.504 e. The van der Waals surface area contributed by atoms with Gasteiger partial charge in [-0.3, -0.25) is 34.1 Å². The van der Waals surface area contributed by atoms with Gasteiger partial charge in [-0.2, -0.15) is 15.4 Å². The molecule has 3 aromatic heterocycles. The first kappa shape index (κ1) is 44.5. The van der Waals surface area contributed by atoms with Crippen LogP contribution in [0.2, 0.25) is 0 Å². The van der Waals surface area contributed by atoms with Crippen LogP contribution in [-0.4, -0.2) is 95.1 Å². The van der Waals surface area contributed by atoms with Gasteiger partial charge in [0, 0.05) is 30.9 Å². The molecule has 0 radical (unpaired) electrons. The Labute approximate surface area is 360 Å². The van der Waals surface area contributed by atoms with Gasteiger partial charge in [0.25, 0.3) is 17.5 Å². The highest BCUT2D eigenvalue weighted by atomic mass is 16.6. The van der Waals surface area contributed by atoms with E-state index < -0.39 is 51.6 Å². The van der Waals surface area contributed by atoms with Crippen molar-refractivity contribution < 1.29 is 58.5 Å². The molecule has 0 fully saturated rings. The number of phenolic OH excluding ortho intramolecular Hbond substituents is 1. The van der Waals surface area contributed by atoms with Gasteiger partial charge in [-0.1, -0.05) is 24.3 Å². The molecule has 3 amide bonds. The highest BCUT2D eigenvalue weighted by Gasteiger charge is 2.26. The number of carboxylic acids is 1. The van der Waals surface area contributed by atoms with Crippen molar-refractivity contribution in [2.24, 2.45) is 5.92 Å². The van der Waals surface area contributed by atoms with Gasteiger partial charge < -0.3 is 40.7 Å². The van der Waals surface area contributed by atoms with Crippen LogP contribution in [0.5, 0.6) is 23.0 Å². The number of rotatable bonds is 18. The fourth-order valence-corrected chi connectivity index (χ4v) is 6.25. The van der Waals surface area contributed by atoms with E-state index in [1.807, 2.05) is 0 Å². The Morgan fingerprint density at radius 3 is 1.92 bits per heavy atom. The summed E-state index contributed by atoms with van der Waals surface area (Å²) >= 11 is 0. The number of aromatic nitrogens is 5. The number of hydrogen-bond donors (Lipinski definition) is 7. The number of amides is 3. The fraction of sp³-hybridized carbons (Fsp3) is 0.143. The highest BCUT2D eigenvalue weighted by molar-refractivity contribution is 6.10. The Morgan fingerprint density at radius 2 is 1.36 bits per heavy atom. The second kappa shape index (κ2) is 19.5. The largest absolute Gasteiger partial charge is 0.504 e. The first-order valence-electron chi connectivity index (χ1n) is 18.7. The lowest BCUT2D eigenvalue weighted by Crippen LogP contribution is -2.27. The van der Waals surface area contributed by atoms with E-state index >= 15 is 0 Å². The van der Waals surface area contributed by atoms with Crippen LogP contribution in [0.15, 0.2) is 91.4 Å². The molecule has 3 aromatic carbocycles. The van der Waals surface area contributed by atoms with Crippen LogP contribution in [0.1, 0.15) is 69.7 Å². The van der Waals surface area contributed by atoms with Crippen molar-refractivity contribution in [1.29, 1.82) is 0 Å². The van der Waals surface area contributed by atoms with Crippen LogP contribution in [0.4, 0.5) is 22.7 Å². The number of nitrogens with one attached hydrogen (secondary N) is 4.